The molecule has 7 heteroatoms. The minimum absolute atomic E-state index is 0.124. The Labute approximate surface area is 148 Å². The number of rotatable bonds is 5. The zero-order valence-electron chi connectivity index (χ0n) is 12.4. The molecule has 0 saturated heterocycles. The quantitative estimate of drug-likeness (QED) is 0.740. The normalized spacial score (nSPS) is 10.4. The van der Waals surface area contributed by atoms with Crippen molar-refractivity contribution in [3.05, 3.63) is 71.2 Å². The number of imidazole rings is 1. The SMILES string of the molecule is O=C(COc1ccc(Cl)c(Cl)c1)Nc1ccc(-n2ccnc2)cc1. The summed E-state index contributed by atoms with van der Waals surface area (Å²) in [6.07, 6.45) is 5.26. The van der Waals surface area contributed by atoms with Crippen LogP contribution in [0.4, 0.5) is 5.69 Å². The number of halogens is 2. The van der Waals surface area contributed by atoms with E-state index in [1.165, 1.54) is 0 Å². The van der Waals surface area contributed by atoms with E-state index in [1.54, 1.807) is 30.7 Å². The maximum absolute atomic E-state index is 11.9. The number of ether oxygens (including phenoxy) is 1. The Morgan fingerprint density at radius 3 is 2.58 bits per heavy atom. The molecule has 0 aliphatic rings. The molecule has 1 heterocycles. The van der Waals surface area contributed by atoms with Gasteiger partial charge in [0.05, 0.1) is 16.4 Å². The number of aromatic nitrogens is 2. The molecule has 2 aromatic carbocycles. The van der Waals surface area contributed by atoms with E-state index in [4.69, 9.17) is 27.9 Å². The van der Waals surface area contributed by atoms with Crippen molar-refractivity contribution in [3.63, 3.8) is 0 Å². The highest BCUT2D eigenvalue weighted by atomic mass is 35.5. The number of carbonyl (C=O) groups is 1. The maximum atomic E-state index is 11.9. The fourth-order valence-electron chi connectivity index (χ4n) is 2.04. The Morgan fingerprint density at radius 2 is 1.92 bits per heavy atom. The van der Waals surface area contributed by atoms with Crippen molar-refractivity contribution in [2.75, 3.05) is 11.9 Å². The van der Waals surface area contributed by atoms with Crippen molar-refractivity contribution in [2.45, 2.75) is 0 Å². The molecule has 0 radical (unpaired) electrons. The standard InChI is InChI=1S/C17H13Cl2N3O2/c18-15-6-5-14(9-16(15)19)24-10-17(23)21-12-1-3-13(4-2-12)22-8-7-20-11-22/h1-9,11H,10H2,(H,21,23). The summed E-state index contributed by atoms with van der Waals surface area (Å²) < 4.78 is 7.26. The molecule has 0 unspecified atom stereocenters. The van der Waals surface area contributed by atoms with Crippen molar-refractivity contribution in [1.29, 1.82) is 0 Å². The molecule has 3 rings (SSSR count). The third-order valence-corrected chi connectivity index (χ3v) is 3.95. The molecule has 0 bridgehead atoms. The highest BCUT2D eigenvalue weighted by Crippen LogP contribution is 2.26. The molecule has 0 saturated carbocycles. The van der Waals surface area contributed by atoms with E-state index in [1.807, 2.05) is 35.0 Å². The second-order valence-electron chi connectivity index (χ2n) is 4.93. The number of carbonyl (C=O) groups excluding carboxylic acids is 1. The van der Waals surface area contributed by atoms with Gasteiger partial charge >= 0.3 is 0 Å². The van der Waals surface area contributed by atoms with Gasteiger partial charge in [0.1, 0.15) is 5.75 Å². The molecule has 24 heavy (non-hydrogen) atoms. The lowest BCUT2D eigenvalue weighted by Crippen LogP contribution is -2.20. The first kappa shape index (κ1) is 16.4. The Morgan fingerprint density at radius 1 is 1.12 bits per heavy atom. The molecular weight excluding hydrogens is 349 g/mol. The first-order valence-electron chi connectivity index (χ1n) is 7.08. The smallest absolute Gasteiger partial charge is 0.262 e. The average Bonchev–Trinajstić information content (AvgIpc) is 3.11. The Balaban J connectivity index is 1.55. The van der Waals surface area contributed by atoms with E-state index in [0.29, 0.717) is 21.5 Å². The van der Waals surface area contributed by atoms with Crippen molar-refractivity contribution in [1.82, 2.24) is 9.55 Å². The van der Waals surface area contributed by atoms with Crippen molar-refractivity contribution in [3.8, 4) is 11.4 Å². The van der Waals surface area contributed by atoms with Crippen LogP contribution in [-0.4, -0.2) is 22.1 Å². The number of anilines is 1. The van der Waals surface area contributed by atoms with Crippen LogP contribution >= 0.6 is 23.2 Å². The van der Waals surface area contributed by atoms with Gasteiger partial charge in [-0.3, -0.25) is 4.79 Å². The Bertz CT molecular complexity index is 834. The molecule has 0 atom stereocenters. The molecule has 0 fully saturated rings. The molecular formula is C17H13Cl2N3O2. The largest absolute Gasteiger partial charge is 0.484 e. The minimum atomic E-state index is -0.267. The van der Waals surface area contributed by atoms with Crippen LogP contribution < -0.4 is 10.1 Å². The second-order valence-corrected chi connectivity index (χ2v) is 5.74. The monoisotopic (exact) mass is 361 g/mol. The van der Waals surface area contributed by atoms with Crippen LogP contribution in [0.25, 0.3) is 5.69 Å². The van der Waals surface area contributed by atoms with Gasteiger partial charge in [-0.15, -0.1) is 0 Å². The first-order chi connectivity index (χ1) is 11.6. The molecule has 1 aromatic heterocycles. The highest BCUT2D eigenvalue weighted by Gasteiger charge is 2.06. The number of benzene rings is 2. The molecule has 1 N–H and O–H groups in total. The lowest BCUT2D eigenvalue weighted by atomic mass is 10.2. The minimum Gasteiger partial charge on any atom is -0.484 e. The third-order valence-electron chi connectivity index (χ3n) is 3.21. The number of nitrogens with zero attached hydrogens (tertiary/aromatic N) is 2. The summed E-state index contributed by atoms with van der Waals surface area (Å²) in [5.74, 6) is 0.214. The summed E-state index contributed by atoms with van der Waals surface area (Å²) in [6.45, 7) is -0.124. The first-order valence-corrected chi connectivity index (χ1v) is 7.83. The van der Waals surface area contributed by atoms with Crippen molar-refractivity contribution in [2.24, 2.45) is 0 Å². The molecule has 0 aliphatic carbocycles. The summed E-state index contributed by atoms with van der Waals surface area (Å²) in [5, 5.41) is 3.58. The van der Waals surface area contributed by atoms with Gasteiger partial charge in [0, 0.05) is 29.8 Å². The average molecular weight is 362 g/mol. The summed E-state index contributed by atoms with van der Waals surface area (Å²) in [5.41, 5.74) is 1.64. The summed E-state index contributed by atoms with van der Waals surface area (Å²) >= 11 is 11.7. The molecule has 0 aliphatic heterocycles. The van der Waals surface area contributed by atoms with Gasteiger partial charge in [-0.1, -0.05) is 23.2 Å². The number of amides is 1. The van der Waals surface area contributed by atoms with Crippen molar-refractivity contribution >= 4 is 34.8 Å². The summed E-state index contributed by atoms with van der Waals surface area (Å²) in [4.78, 5) is 15.9. The van der Waals surface area contributed by atoms with Gasteiger partial charge in [-0.2, -0.15) is 0 Å². The predicted molar refractivity (Wildman–Crippen MR) is 94.2 cm³/mol. The fourth-order valence-corrected chi connectivity index (χ4v) is 2.33. The van der Waals surface area contributed by atoms with Crippen molar-refractivity contribution < 1.29 is 9.53 Å². The van der Waals surface area contributed by atoms with Crippen LogP contribution in [-0.2, 0) is 4.79 Å². The fraction of sp³-hybridized carbons (Fsp3) is 0.0588. The van der Waals surface area contributed by atoms with Crippen LogP contribution in [0.3, 0.4) is 0 Å². The van der Waals surface area contributed by atoms with E-state index in [2.05, 4.69) is 10.3 Å². The summed E-state index contributed by atoms with van der Waals surface area (Å²) in [7, 11) is 0. The topological polar surface area (TPSA) is 56.1 Å². The van der Waals surface area contributed by atoms with E-state index in [-0.39, 0.29) is 12.5 Å². The van der Waals surface area contributed by atoms with E-state index in [0.717, 1.165) is 5.69 Å². The van der Waals surface area contributed by atoms with Gasteiger partial charge in [-0.25, -0.2) is 4.98 Å². The van der Waals surface area contributed by atoms with Gasteiger partial charge in [0.15, 0.2) is 6.61 Å². The maximum Gasteiger partial charge on any atom is 0.262 e. The van der Waals surface area contributed by atoms with Gasteiger partial charge in [0.25, 0.3) is 5.91 Å². The molecule has 3 aromatic rings. The lowest BCUT2D eigenvalue weighted by molar-refractivity contribution is -0.118. The van der Waals surface area contributed by atoms with Crippen LogP contribution in [0.5, 0.6) is 5.75 Å². The second kappa shape index (κ2) is 7.38. The highest BCUT2D eigenvalue weighted by molar-refractivity contribution is 6.42. The molecule has 1 amide bonds. The number of nitrogens with one attached hydrogen (secondary N) is 1. The van der Waals surface area contributed by atoms with Crippen LogP contribution in [0.2, 0.25) is 10.0 Å². The van der Waals surface area contributed by atoms with E-state index < -0.39 is 0 Å². The lowest BCUT2D eigenvalue weighted by Gasteiger charge is -2.09. The Hall–Kier alpha value is -2.50. The molecule has 122 valence electrons. The van der Waals surface area contributed by atoms with Crippen LogP contribution in [0.15, 0.2) is 61.2 Å². The summed E-state index contributed by atoms with van der Waals surface area (Å²) in [6, 6.07) is 12.2. The zero-order valence-corrected chi connectivity index (χ0v) is 14.0. The molecule has 5 nitrogen and oxygen atoms in total. The van der Waals surface area contributed by atoms with Gasteiger partial charge in [0.2, 0.25) is 0 Å². The van der Waals surface area contributed by atoms with E-state index in [9.17, 15) is 4.79 Å². The number of hydrogen-bond acceptors (Lipinski definition) is 3. The van der Waals surface area contributed by atoms with Gasteiger partial charge in [-0.05, 0) is 36.4 Å². The predicted octanol–water partition coefficient (Wildman–Crippen LogP) is 4.20. The van der Waals surface area contributed by atoms with E-state index >= 15 is 0 Å². The Kier molecular flexibility index (Phi) is 5.03. The van der Waals surface area contributed by atoms with Crippen LogP contribution in [0, 0.1) is 0 Å². The number of hydrogen-bond donors (Lipinski definition) is 1. The van der Waals surface area contributed by atoms with Gasteiger partial charge < -0.3 is 14.6 Å². The zero-order chi connectivity index (χ0) is 16.9. The van der Waals surface area contributed by atoms with Crippen LogP contribution in [0.1, 0.15) is 0 Å². The molecule has 0 spiro atoms. The third kappa shape index (κ3) is 4.07.